The maximum atomic E-state index is 13.6. The van der Waals surface area contributed by atoms with E-state index in [4.69, 9.17) is 26.2 Å². The number of halogens is 1. The number of nitrogens with zero attached hydrogens (tertiary/aromatic N) is 3. The molecule has 7 nitrogen and oxygen atoms in total. The Labute approximate surface area is 213 Å². The molecule has 4 rings (SSSR count). The summed E-state index contributed by atoms with van der Waals surface area (Å²) in [6.07, 6.45) is 0.582. The molecule has 0 bridgehead atoms. The molecule has 0 unspecified atom stereocenters. The molecule has 1 aromatic heterocycles. The highest BCUT2D eigenvalue weighted by Crippen LogP contribution is 2.34. The number of hydrazone groups is 1. The standard InChI is InChI=1S/C26H26ClN3O4S/c1-33-14-13-29(26(32)19-7-11-21(34-2)12-8-19)17-25(31)30-23(18-5-9-20(27)10-6-18)16-22(28-30)24-4-3-15-35-24/h3-12,15,23H,13-14,16-17H2,1-2H3/t23-/m1/s1. The number of carbonyl (C=O) groups is 2. The van der Waals surface area contributed by atoms with E-state index in [1.807, 2.05) is 29.6 Å². The van der Waals surface area contributed by atoms with Crippen LogP contribution in [0.3, 0.4) is 0 Å². The fourth-order valence-corrected chi connectivity index (χ4v) is 4.73. The fourth-order valence-electron chi connectivity index (χ4n) is 3.88. The summed E-state index contributed by atoms with van der Waals surface area (Å²) in [5.41, 5.74) is 2.24. The lowest BCUT2D eigenvalue weighted by molar-refractivity contribution is -0.133. The van der Waals surface area contributed by atoms with Crippen molar-refractivity contribution in [1.82, 2.24) is 9.91 Å². The van der Waals surface area contributed by atoms with Gasteiger partial charge in [0.05, 0.1) is 30.3 Å². The van der Waals surface area contributed by atoms with E-state index in [1.165, 1.54) is 9.91 Å². The van der Waals surface area contributed by atoms with Crippen molar-refractivity contribution in [2.24, 2.45) is 5.10 Å². The zero-order valence-electron chi connectivity index (χ0n) is 19.5. The van der Waals surface area contributed by atoms with Crippen LogP contribution in [-0.2, 0) is 9.53 Å². The Morgan fingerprint density at radius 3 is 2.49 bits per heavy atom. The lowest BCUT2D eigenvalue weighted by Crippen LogP contribution is -2.42. The first-order valence-corrected chi connectivity index (χ1v) is 12.4. The van der Waals surface area contributed by atoms with Gasteiger partial charge in [-0.05, 0) is 53.4 Å². The Morgan fingerprint density at radius 1 is 1.11 bits per heavy atom. The molecule has 1 atom stereocenters. The van der Waals surface area contributed by atoms with Gasteiger partial charge in [-0.25, -0.2) is 5.01 Å². The van der Waals surface area contributed by atoms with Crippen LogP contribution in [0, 0.1) is 0 Å². The lowest BCUT2D eigenvalue weighted by atomic mass is 10.0. The summed E-state index contributed by atoms with van der Waals surface area (Å²) < 4.78 is 10.4. The number of hydrogen-bond donors (Lipinski definition) is 0. The Kier molecular flexibility index (Phi) is 8.17. The quantitative estimate of drug-likeness (QED) is 0.410. The molecule has 2 aromatic carbocycles. The monoisotopic (exact) mass is 511 g/mol. The smallest absolute Gasteiger partial charge is 0.262 e. The van der Waals surface area contributed by atoms with Gasteiger partial charge in [0.15, 0.2) is 0 Å². The summed E-state index contributed by atoms with van der Waals surface area (Å²) in [7, 11) is 3.13. The third-order valence-electron chi connectivity index (χ3n) is 5.74. The number of carbonyl (C=O) groups excluding carboxylic acids is 2. The largest absolute Gasteiger partial charge is 0.497 e. The number of hydrogen-bond acceptors (Lipinski definition) is 6. The average molecular weight is 512 g/mol. The molecule has 0 saturated carbocycles. The first-order chi connectivity index (χ1) is 17.0. The predicted molar refractivity (Wildman–Crippen MR) is 137 cm³/mol. The molecule has 182 valence electrons. The first-order valence-electron chi connectivity index (χ1n) is 11.1. The van der Waals surface area contributed by atoms with Crippen LogP contribution in [-0.4, -0.2) is 61.4 Å². The van der Waals surface area contributed by atoms with E-state index in [0.29, 0.717) is 29.4 Å². The zero-order chi connectivity index (χ0) is 24.8. The molecule has 3 aromatic rings. The van der Waals surface area contributed by atoms with Crippen molar-refractivity contribution < 1.29 is 19.1 Å². The molecular formula is C26H26ClN3O4S. The first kappa shape index (κ1) is 24.9. The van der Waals surface area contributed by atoms with Crippen LogP contribution in [0.1, 0.15) is 33.3 Å². The van der Waals surface area contributed by atoms with E-state index in [-0.39, 0.29) is 30.9 Å². The van der Waals surface area contributed by atoms with Gasteiger partial charge in [-0.15, -0.1) is 11.3 Å². The van der Waals surface area contributed by atoms with Gasteiger partial charge in [-0.1, -0.05) is 29.8 Å². The summed E-state index contributed by atoms with van der Waals surface area (Å²) >= 11 is 7.67. The van der Waals surface area contributed by atoms with Crippen molar-refractivity contribution in [3.05, 3.63) is 87.1 Å². The van der Waals surface area contributed by atoms with Crippen LogP contribution in [0.25, 0.3) is 0 Å². The summed E-state index contributed by atoms with van der Waals surface area (Å²) in [6.45, 7) is 0.451. The summed E-state index contributed by atoms with van der Waals surface area (Å²) in [5, 5.41) is 8.80. The highest BCUT2D eigenvalue weighted by atomic mass is 35.5. The predicted octanol–water partition coefficient (Wildman–Crippen LogP) is 4.88. The Morgan fingerprint density at radius 2 is 1.86 bits per heavy atom. The molecule has 1 aliphatic rings. The van der Waals surface area contributed by atoms with Gasteiger partial charge in [0.25, 0.3) is 11.8 Å². The van der Waals surface area contributed by atoms with Gasteiger partial charge < -0.3 is 14.4 Å². The van der Waals surface area contributed by atoms with Crippen molar-refractivity contribution in [3.63, 3.8) is 0 Å². The highest BCUT2D eigenvalue weighted by molar-refractivity contribution is 7.12. The minimum absolute atomic E-state index is 0.125. The van der Waals surface area contributed by atoms with Crippen molar-refractivity contribution in [1.29, 1.82) is 0 Å². The van der Waals surface area contributed by atoms with Crippen LogP contribution in [0.4, 0.5) is 0 Å². The van der Waals surface area contributed by atoms with Gasteiger partial charge >= 0.3 is 0 Å². The molecule has 0 radical (unpaired) electrons. The molecule has 0 saturated heterocycles. The second-order valence-electron chi connectivity index (χ2n) is 7.98. The number of benzene rings is 2. The topological polar surface area (TPSA) is 71.4 Å². The molecule has 2 heterocycles. The molecule has 0 aliphatic carbocycles. The van der Waals surface area contributed by atoms with Crippen LogP contribution < -0.4 is 4.74 Å². The minimum atomic E-state index is -0.280. The molecule has 2 amide bonds. The Balaban J connectivity index is 1.59. The third-order valence-corrected chi connectivity index (χ3v) is 6.91. The molecule has 0 N–H and O–H groups in total. The zero-order valence-corrected chi connectivity index (χ0v) is 21.1. The number of thiophene rings is 1. The van der Waals surface area contributed by atoms with Gasteiger partial charge in [0, 0.05) is 30.7 Å². The normalized spacial score (nSPS) is 15.1. The second kappa shape index (κ2) is 11.5. The Hall–Kier alpha value is -3.20. The summed E-state index contributed by atoms with van der Waals surface area (Å²) in [5.74, 6) is 0.122. The second-order valence-corrected chi connectivity index (χ2v) is 9.37. The molecule has 0 spiro atoms. The SMILES string of the molecule is COCCN(CC(=O)N1N=C(c2cccs2)C[C@@H]1c1ccc(Cl)cc1)C(=O)c1ccc(OC)cc1. The molecular weight excluding hydrogens is 486 g/mol. The number of methoxy groups -OCH3 is 2. The van der Waals surface area contributed by atoms with Crippen LogP contribution in [0.2, 0.25) is 5.02 Å². The third kappa shape index (κ3) is 5.90. The highest BCUT2D eigenvalue weighted by Gasteiger charge is 2.34. The van der Waals surface area contributed by atoms with E-state index in [9.17, 15) is 9.59 Å². The van der Waals surface area contributed by atoms with Crippen molar-refractivity contribution in [2.45, 2.75) is 12.5 Å². The van der Waals surface area contributed by atoms with Crippen LogP contribution >= 0.6 is 22.9 Å². The molecule has 35 heavy (non-hydrogen) atoms. The van der Waals surface area contributed by atoms with Crippen molar-refractivity contribution >= 4 is 40.5 Å². The molecule has 9 heteroatoms. The minimum Gasteiger partial charge on any atom is -0.497 e. The Bertz CT molecular complexity index is 1180. The van der Waals surface area contributed by atoms with E-state index >= 15 is 0 Å². The molecule has 0 fully saturated rings. The van der Waals surface area contributed by atoms with Crippen LogP contribution in [0.5, 0.6) is 5.75 Å². The molecule has 1 aliphatic heterocycles. The van der Waals surface area contributed by atoms with Crippen molar-refractivity contribution in [2.75, 3.05) is 33.9 Å². The fraction of sp³-hybridized carbons (Fsp3) is 0.269. The van der Waals surface area contributed by atoms with E-state index < -0.39 is 0 Å². The van der Waals surface area contributed by atoms with Crippen molar-refractivity contribution in [3.8, 4) is 5.75 Å². The van der Waals surface area contributed by atoms with E-state index in [0.717, 1.165) is 16.2 Å². The van der Waals surface area contributed by atoms with Gasteiger partial charge in [-0.3, -0.25) is 9.59 Å². The van der Waals surface area contributed by atoms with Gasteiger partial charge in [0.2, 0.25) is 0 Å². The summed E-state index contributed by atoms with van der Waals surface area (Å²) in [6, 6.07) is 17.9. The maximum Gasteiger partial charge on any atom is 0.262 e. The number of rotatable bonds is 9. The van der Waals surface area contributed by atoms with E-state index in [2.05, 4.69) is 0 Å². The maximum absolute atomic E-state index is 13.6. The average Bonchev–Trinajstić information content (AvgIpc) is 3.57. The van der Waals surface area contributed by atoms with Crippen LogP contribution in [0.15, 0.2) is 71.1 Å². The number of amides is 2. The summed E-state index contributed by atoms with van der Waals surface area (Å²) in [4.78, 5) is 29.3. The van der Waals surface area contributed by atoms with E-state index in [1.54, 1.807) is 62.0 Å². The number of ether oxygens (including phenoxy) is 2. The van der Waals surface area contributed by atoms with Gasteiger partial charge in [0.1, 0.15) is 12.3 Å². The van der Waals surface area contributed by atoms with Gasteiger partial charge in [-0.2, -0.15) is 5.10 Å². The lowest BCUT2D eigenvalue weighted by Gasteiger charge is -2.27.